The van der Waals surface area contributed by atoms with Gasteiger partial charge in [0, 0.05) is 38.6 Å². The van der Waals surface area contributed by atoms with Crippen LogP contribution >= 0.6 is 0 Å². The summed E-state index contributed by atoms with van der Waals surface area (Å²) in [5.74, 6) is 0. The quantitative estimate of drug-likeness (QED) is 0.184. The average molecular weight is 692 g/mol. The van der Waals surface area contributed by atoms with Crippen molar-refractivity contribution in [2.45, 2.75) is 19.3 Å². The fourth-order valence-electron chi connectivity index (χ4n) is 9.55. The number of aromatic nitrogens is 2. The summed E-state index contributed by atoms with van der Waals surface area (Å²) in [4.78, 5) is 7.06. The van der Waals surface area contributed by atoms with Crippen molar-refractivity contribution >= 4 is 77.0 Å². The van der Waals surface area contributed by atoms with Crippen molar-refractivity contribution in [3.05, 3.63) is 175 Å². The van der Waals surface area contributed by atoms with Gasteiger partial charge in [-0.05, 0) is 98.8 Å². The first-order chi connectivity index (χ1) is 26.5. The van der Waals surface area contributed by atoms with Crippen LogP contribution in [0.2, 0.25) is 0 Å². The molecule has 0 aliphatic heterocycles. The van der Waals surface area contributed by atoms with E-state index in [9.17, 15) is 0 Å². The van der Waals surface area contributed by atoms with E-state index in [1.54, 1.807) is 6.39 Å². The van der Waals surface area contributed by atoms with Crippen LogP contribution < -0.4 is 4.90 Å². The fraction of sp³-hybridized carbons (Fsp3) is 0.0600. The van der Waals surface area contributed by atoms with Crippen LogP contribution in [0, 0.1) is 0 Å². The Labute approximate surface area is 311 Å². The molecule has 0 radical (unpaired) electrons. The normalized spacial score (nSPS) is 13.5. The summed E-state index contributed by atoms with van der Waals surface area (Å²) in [5.41, 5.74) is 16.2. The van der Waals surface area contributed by atoms with Gasteiger partial charge in [-0.3, -0.25) is 0 Å². The topological polar surface area (TPSA) is 33.7 Å². The molecule has 0 N–H and O–H groups in total. The third kappa shape index (κ3) is 3.89. The standard InChI is InChI=1S/C50H33N3O/c1-50(2)42-16-7-5-13-37(42)38-24-22-34(27-43(38)50)52(32-20-18-31(19-21-32)36-15-9-11-30-10-3-4-12-35(30)36)33-23-25-46-41(26-33)47-48-40(28-44-49(47)54-29-51-44)39-14-6-8-17-45(39)53(46)48/h3-29H,1-2H3. The van der Waals surface area contributed by atoms with Crippen LogP contribution in [0.4, 0.5) is 17.1 Å². The van der Waals surface area contributed by atoms with Crippen LogP contribution in [0.1, 0.15) is 25.0 Å². The van der Waals surface area contributed by atoms with Gasteiger partial charge in [-0.1, -0.05) is 117 Å². The number of para-hydroxylation sites is 1. The average Bonchev–Trinajstić information content (AvgIpc) is 3.96. The lowest BCUT2D eigenvalue weighted by molar-refractivity contribution is 0.605. The molecule has 1 aliphatic carbocycles. The van der Waals surface area contributed by atoms with Crippen molar-refractivity contribution in [2.75, 3.05) is 4.90 Å². The molecule has 0 spiro atoms. The van der Waals surface area contributed by atoms with E-state index in [0.717, 1.165) is 44.5 Å². The van der Waals surface area contributed by atoms with Crippen molar-refractivity contribution in [2.24, 2.45) is 0 Å². The van der Waals surface area contributed by atoms with Crippen LogP contribution in [-0.2, 0) is 5.41 Å². The number of anilines is 3. The maximum Gasteiger partial charge on any atom is 0.182 e. The number of hydrogen-bond donors (Lipinski definition) is 0. The number of rotatable bonds is 4. The SMILES string of the molecule is CC1(C)c2ccccc2-c2ccc(N(c3ccc(-c4cccc5ccccc45)cc3)c3ccc4c(c3)c3c5ocnc5cc5c6ccccc6n4c53)cc21. The highest BCUT2D eigenvalue weighted by Gasteiger charge is 2.36. The summed E-state index contributed by atoms with van der Waals surface area (Å²) in [6.07, 6.45) is 1.57. The number of benzene rings is 8. The summed E-state index contributed by atoms with van der Waals surface area (Å²) in [7, 11) is 0. The Morgan fingerprint density at radius 1 is 0.537 bits per heavy atom. The minimum atomic E-state index is -0.123. The maximum absolute atomic E-state index is 6.16. The first kappa shape index (κ1) is 29.6. The van der Waals surface area contributed by atoms with Crippen molar-refractivity contribution in [3.8, 4) is 22.3 Å². The molecular weight excluding hydrogens is 659 g/mol. The number of oxazole rings is 1. The monoisotopic (exact) mass is 691 g/mol. The van der Waals surface area contributed by atoms with Gasteiger partial charge in [0.15, 0.2) is 12.0 Å². The van der Waals surface area contributed by atoms with Crippen molar-refractivity contribution < 1.29 is 4.42 Å². The number of fused-ring (bicyclic) bond motifs is 12. The molecule has 11 aromatic rings. The van der Waals surface area contributed by atoms with Crippen LogP contribution in [-0.4, -0.2) is 9.38 Å². The molecule has 0 saturated heterocycles. The zero-order valence-corrected chi connectivity index (χ0v) is 29.8. The second kappa shape index (κ2) is 10.6. The Hall–Kier alpha value is -6.91. The Balaban J connectivity index is 1.10. The molecule has 0 unspecified atom stereocenters. The Morgan fingerprint density at radius 2 is 1.22 bits per heavy atom. The Kier molecular flexibility index (Phi) is 5.81. The van der Waals surface area contributed by atoms with Gasteiger partial charge >= 0.3 is 0 Å². The minimum Gasteiger partial charge on any atom is -0.443 e. The predicted octanol–water partition coefficient (Wildman–Crippen LogP) is 13.6. The molecule has 0 atom stereocenters. The van der Waals surface area contributed by atoms with Gasteiger partial charge in [0.2, 0.25) is 0 Å². The predicted molar refractivity (Wildman–Crippen MR) is 224 cm³/mol. The van der Waals surface area contributed by atoms with Gasteiger partial charge in [0.25, 0.3) is 0 Å². The maximum atomic E-state index is 6.16. The smallest absolute Gasteiger partial charge is 0.182 e. The highest BCUT2D eigenvalue weighted by molar-refractivity contribution is 6.30. The zero-order valence-electron chi connectivity index (χ0n) is 29.8. The van der Waals surface area contributed by atoms with Crippen LogP contribution in [0.3, 0.4) is 0 Å². The second-order valence-corrected chi connectivity index (χ2v) is 15.2. The van der Waals surface area contributed by atoms with E-state index in [-0.39, 0.29) is 5.41 Å². The van der Waals surface area contributed by atoms with E-state index < -0.39 is 0 Å². The molecular formula is C50H33N3O. The first-order valence-electron chi connectivity index (χ1n) is 18.6. The molecule has 12 rings (SSSR count). The molecule has 3 aromatic heterocycles. The van der Waals surface area contributed by atoms with Gasteiger partial charge in [-0.2, -0.15) is 0 Å². The molecule has 1 aliphatic rings. The molecule has 0 amide bonds. The molecule has 4 heteroatoms. The third-order valence-corrected chi connectivity index (χ3v) is 12.1. The molecule has 54 heavy (non-hydrogen) atoms. The Morgan fingerprint density at radius 3 is 2.13 bits per heavy atom. The van der Waals surface area contributed by atoms with E-state index in [2.05, 4.69) is 186 Å². The summed E-state index contributed by atoms with van der Waals surface area (Å²) >= 11 is 0. The molecule has 254 valence electrons. The largest absolute Gasteiger partial charge is 0.443 e. The number of hydrogen-bond acceptors (Lipinski definition) is 3. The summed E-state index contributed by atoms with van der Waals surface area (Å²) in [5, 5.41) is 7.17. The summed E-state index contributed by atoms with van der Waals surface area (Å²) in [6.45, 7) is 4.70. The van der Waals surface area contributed by atoms with Crippen LogP contribution in [0.5, 0.6) is 0 Å². The van der Waals surface area contributed by atoms with Gasteiger partial charge < -0.3 is 13.7 Å². The van der Waals surface area contributed by atoms with E-state index in [0.29, 0.717) is 0 Å². The molecule has 4 nitrogen and oxygen atoms in total. The lowest BCUT2D eigenvalue weighted by atomic mass is 9.82. The highest BCUT2D eigenvalue weighted by atomic mass is 16.3. The summed E-state index contributed by atoms with van der Waals surface area (Å²) in [6, 6.07) is 57.8. The van der Waals surface area contributed by atoms with Crippen molar-refractivity contribution in [1.82, 2.24) is 9.38 Å². The molecule has 3 heterocycles. The fourth-order valence-corrected chi connectivity index (χ4v) is 9.55. The molecule has 8 aromatic carbocycles. The zero-order chi connectivity index (χ0) is 35.7. The van der Waals surface area contributed by atoms with E-state index in [4.69, 9.17) is 4.42 Å². The van der Waals surface area contributed by atoms with Crippen LogP contribution in [0.25, 0.3) is 82.2 Å². The van der Waals surface area contributed by atoms with Gasteiger partial charge in [-0.25, -0.2) is 4.98 Å². The van der Waals surface area contributed by atoms with Gasteiger partial charge in [-0.15, -0.1) is 0 Å². The highest BCUT2D eigenvalue weighted by Crippen LogP contribution is 2.51. The van der Waals surface area contributed by atoms with E-state index in [1.165, 1.54) is 66.0 Å². The Bertz CT molecular complexity index is 3300. The van der Waals surface area contributed by atoms with E-state index >= 15 is 0 Å². The van der Waals surface area contributed by atoms with Crippen molar-refractivity contribution in [1.29, 1.82) is 0 Å². The second-order valence-electron chi connectivity index (χ2n) is 15.2. The minimum absolute atomic E-state index is 0.123. The number of nitrogens with zero attached hydrogens (tertiary/aromatic N) is 3. The molecule has 0 fully saturated rings. The lowest BCUT2D eigenvalue weighted by Crippen LogP contribution is -2.16. The first-order valence-corrected chi connectivity index (χ1v) is 18.6. The molecule has 0 saturated carbocycles. The summed E-state index contributed by atoms with van der Waals surface area (Å²) < 4.78 is 8.56. The lowest BCUT2D eigenvalue weighted by Gasteiger charge is -2.28. The molecule has 0 bridgehead atoms. The van der Waals surface area contributed by atoms with Crippen LogP contribution in [0.15, 0.2) is 169 Å². The van der Waals surface area contributed by atoms with Gasteiger partial charge in [0.05, 0.1) is 21.9 Å². The van der Waals surface area contributed by atoms with E-state index in [1.807, 2.05) is 0 Å². The van der Waals surface area contributed by atoms with Crippen molar-refractivity contribution in [3.63, 3.8) is 0 Å². The third-order valence-electron chi connectivity index (χ3n) is 12.1. The van der Waals surface area contributed by atoms with Gasteiger partial charge in [0.1, 0.15) is 5.52 Å².